The van der Waals surface area contributed by atoms with Crippen molar-refractivity contribution in [1.82, 2.24) is 9.80 Å². The molecule has 2 aromatic rings. The lowest BCUT2D eigenvalue weighted by Gasteiger charge is -2.31. The van der Waals surface area contributed by atoms with E-state index in [0.717, 1.165) is 5.56 Å². The van der Waals surface area contributed by atoms with Crippen LogP contribution in [0.4, 0.5) is 0 Å². The lowest BCUT2D eigenvalue weighted by Crippen LogP contribution is -2.52. The molecule has 6 nitrogen and oxygen atoms in total. The predicted octanol–water partition coefficient (Wildman–Crippen LogP) is 4.57. The van der Waals surface area contributed by atoms with Gasteiger partial charge in [0.1, 0.15) is 12.2 Å². The first-order valence-electron chi connectivity index (χ1n) is 9.38. The molecule has 0 saturated carbocycles. The number of nitrogens with zero attached hydrogens (tertiary/aromatic N) is 2. The van der Waals surface area contributed by atoms with Crippen molar-refractivity contribution in [2.24, 2.45) is 0 Å². The quantitative estimate of drug-likeness (QED) is 0.345. The fourth-order valence-electron chi connectivity index (χ4n) is 2.98. The zero-order valence-corrected chi connectivity index (χ0v) is 19.5. The van der Waals surface area contributed by atoms with Gasteiger partial charge >= 0.3 is 0 Å². The Labute approximate surface area is 195 Å². The maximum atomic E-state index is 12.6. The van der Waals surface area contributed by atoms with Crippen LogP contribution in [0, 0.1) is 0 Å². The van der Waals surface area contributed by atoms with Crippen molar-refractivity contribution in [3.63, 3.8) is 0 Å². The molecular formula is C22H20Cl2N2O4S. The first-order valence-corrected chi connectivity index (χ1v) is 10.5. The molecule has 0 atom stereocenters. The molecule has 3 rings (SSSR count). The number of hydrogen-bond acceptors (Lipinski definition) is 5. The summed E-state index contributed by atoms with van der Waals surface area (Å²) in [5.41, 5.74) is 1.29. The number of carbonyl (C=O) groups is 2. The van der Waals surface area contributed by atoms with Gasteiger partial charge in [-0.3, -0.25) is 19.4 Å². The van der Waals surface area contributed by atoms with Crippen LogP contribution in [0.5, 0.6) is 11.5 Å². The van der Waals surface area contributed by atoms with Crippen LogP contribution in [0.15, 0.2) is 42.0 Å². The highest BCUT2D eigenvalue weighted by Gasteiger charge is 2.35. The molecule has 2 aromatic carbocycles. The number of ether oxygens (including phenoxy) is 2. The van der Waals surface area contributed by atoms with Crippen LogP contribution < -0.4 is 9.47 Å². The molecule has 31 heavy (non-hydrogen) atoms. The van der Waals surface area contributed by atoms with Gasteiger partial charge in [0.05, 0.1) is 11.6 Å². The molecular weight excluding hydrogens is 459 g/mol. The third-order valence-corrected chi connectivity index (χ3v) is 5.81. The Kier molecular flexibility index (Phi) is 7.20. The van der Waals surface area contributed by atoms with E-state index in [-0.39, 0.29) is 22.3 Å². The summed E-state index contributed by atoms with van der Waals surface area (Å²) in [5, 5.41) is 1.000. The van der Waals surface area contributed by atoms with Crippen LogP contribution in [-0.4, -0.2) is 47.4 Å². The number of carbonyl (C=O) groups excluding carboxylic acids is 2. The Bertz CT molecular complexity index is 1060. The topological polar surface area (TPSA) is 59.1 Å². The van der Waals surface area contributed by atoms with E-state index in [9.17, 15) is 9.59 Å². The van der Waals surface area contributed by atoms with Gasteiger partial charge in [0.15, 0.2) is 16.6 Å². The van der Waals surface area contributed by atoms with Crippen LogP contribution in [0.25, 0.3) is 6.08 Å². The third-order valence-electron chi connectivity index (χ3n) is 4.62. The number of benzene rings is 2. The van der Waals surface area contributed by atoms with E-state index < -0.39 is 11.8 Å². The minimum atomic E-state index is -0.485. The second-order valence-corrected chi connectivity index (χ2v) is 7.89. The summed E-state index contributed by atoms with van der Waals surface area (Å²) in [7, 11) is 3.04. The fraction of sp³-hybridized carbons (Fsp3) is 0.227. The van der Waals surface area contributed by atoms with Crippen LogP contribution in [0.3, 0.4) is 0 Å². The van der Waals surface area contributed by atoms with Crippen molar-refractivity contribution in [2.45, 2.75) is 13.5 Å². The zero-order chi connectivity index (χ0) is 22.7. The van der Waals surface area contributed by atoms with E-state index in [1.807, 2.05) is 25.1 Å². The largest absolute Gasteiger partial charge is 0.490 e. The summed E-state index contributed by atoms with van der Waals surface area (Å²) in [5.74, 6) is -0.230. The van der Waals surface area contributed by atoms with Crippen LogP contribution in [0.2, 0.25) is 10.0 Å². The van der Waals surface area contributed by atoms with Crippen LogP contribution in [-0.2, 0) is 16.2 Å². The molecule has 0 N–H and O–H groups in total. The molecule has 0 aliphatic carbocycles. The molecule has 0 radical (unpaired) electrons. The Morgan fingerprint density at radius 2 is 1.65 bits per heavy atom. The molecule has 0 aromatic heterocycles. The number of halogens is 2. The summed E-state index contributed by atoms with van der Waals surface area (Å²) in [4.78, 5) is 27.6. The van der Waals surface area contributed by atoms with Crippen LogP contribution in [0.1, 0.15) is 18.1 Å². The second-order valence-electron chi connectivity index (χ2n) is 6.71. The molecule has 1 aliphatic rings. The maximum Gasteiger partial charge on any atom is 0.265 e. The summed E-state index contributed by atoms with van der Waals surface area (Å²) in [6.07, 6.45) is 1.46. The van der Waals surface area contributed by atoms with E-state index in [1.165, 1.54) is 30.0 Å². The fourth-order valence-corrected chi connectivity index (χ4v) is 3.61. The van der Waals surface area contributed by atoms with E-state index in [1.54, 1.807) is 18.2 Å². The van der Waals surface area contributed by atoms with Gasteiger partial charge < -0.3 is 9.47 Å². The Morgan fingerprint density at radius 1 is 1.00 bits per heavy atom. The third kappa shape index (κ3) is 4.84. The summed E-state index contributed by atoms with van der Waals surface area (Å²) in [6, 6.07) is 10.6. The lowest BCUT2D eigenvalue weighted by atomic mass is 10.1. The molecule has 162 valence electrons. The Hall–Kier alpha value is -2.61. The molecule has 9 heteroatoms. The standard InChI is InChI=1S/C22H20Cl2N2O4S/c1-4-29-18-11-13(9-15-20(27)25(2)22(31)26(3)21(15)28)10-17(24)19(18)30-12-14-7-5-6-8-16(14)23/h5-11H,4,12H2,1-3H3. The van der Waals surface area contributed by atoms with Gasteiger partial charge in [-0.15, -0.1) is 0 Å². The average molecular weight is 479 g/mol. The number of likely N-dealkylation sites (N-methyl/N-ethyl adjacent to an activating group) is 2. The minimum Gasteiger partial charge on any atom is -0.490 e. The first-order chi connectivity index (χ1) is 14.7. The highest BCUT2D eigenvalue weighted by atomic mass is 35.5. The maximum absolute atomic E-state index is 12.6. The summed E-state index contributed by atoms with van der Waals surface area (Å²) >= 11 is 17.8. The zero-order valence-electron chi connectivity index (χ0n) is 17.1. The monoisotopic (exact) mass is 478 g/mol. The second kappa shape index (κ2) is 9.68. The number of hydrogen-bond donors (Lipinski definition) is 0. The van der Waals surface area contributed by atoms with E-state index in [2.05, 4.69) is 0 Å². The van der Waals surface area contributed by atoms with Crippen molar-refractivity contribution in [1.29, 1.82) is 0 Å². The number of rotatable bonds is 6. The van der Waals surface area contributed by atoms with E-state index in [0.29, 0.717) is 28.7 Å². The SMILES string of the molecule is CCOc1cc(C=C2C(=O)N(C)C(=S)N(C)C2=O)cc(Cl)c1OCc1ccccc1Cl. The van der Waals surface area contributed by atoms with Gasteiger partial charge in [-0.2, -0.15) is 0 Å². The lowest BCUT2D eigenvalue weighted by molar-refractivity contribution is -0.132. The molecule has 1 aliphatic heterocycles. The van der Waals surface area contributed by atoms with Gasteiger partial charge in [-0.1, -0.05) is 41.4 Å². The molecule has 1 heterocycles. The summed E-state index contributed by atoms with van der Waals surface area (Å²) in [6.45, 7) is 2.40. The number of amides is 2. The highest BCUT2D eigenvalue weighted by Crippen LogP contribution is 2.38. The van der Waals surface area contributed by atoms with Gasteiger partial charge in [0.2, 0.25) is 0 Å². The van der Waals surface area contributed by atoms with Crippen LogP contribution >= 0.6 is 35.4 Å². The molecule has 0 bridgehead atoms. The highest BCUT2D eigenvalue weighted by molar-refractivity contribution is 7.80. The normalized spacial score (nSPS) is 14.2. The predicted molar refractivity (Wildman–Crippen MR) is 125 cm³/mol. The number of thiocarbonyl (C=S) groups is 1. The van der Waals surface area contributed by atoms with Gasteiger partial charge in [-0.05, 0) is 49.0 Å². The van der Waals surface area contributed by atoms with Crippen molar-refractivity contribution in [2.75, 3.05) is 20.7 Å². The van der Waals surface area contributed by atoms with Gasteiger partial charge in [-0.25, -0.2) is 0 Å². The molecule has 0 spiro atoms. The van der Waals surface area contributed by atoms with Crippen molar-refractivity contribution >= 4 is 58.4 Å². The van der Waals surface area contributed by atoms with E-state index in [4.69, 9.17) is 44.9 Å². The molecule has 0 unspecified atom stereocenters. The van der Waals surface area contributed by atoms with Gasteiger partial charge in [0.25, 0.3) is 11.8 Å². The Morgan fingerprint density at radius 3 is 2.26 bits per heavy atom. The van der Waals surface area contributed by atoms with Gasteiger partial charge in [0, 0.05) is 24.7 Å². The Balaban J connectivity index is 1.95. The molecule has 1 fully saturated rings. The smallest absolute Gasteiger partial charge is 0.265 e. The molecule has 1 saturated heterocycles. The van der Waals surface area contributed by atoms with Crippen molar-refractivity contribution < 1.29 is 19.1 Å². The molecule has 2 amide bonds. The average Bonchev–Trinajstić information content (AvgIpc) is 2.75. The van der Waals surface area contributed by atoms with Crippen molar-refractivity contribution in [3.8, 4) is 11.5 Å². The first kappa shape index (κ1) is 23.1. The van der Waals surface area contributed by atoms with Crippen molar-refractivity contribution in [3.05, 3.63) is 63.1 Å². The van der Waals surface area contributed by atoms with E-state index >= 15 is 0 Å². The minimum absolute atomic E-state index is 0.0261. The summed E-state index contributed by atoms with van der Waals surface area (Å²) < 4.78 is 11.6.